The van der Waals surface area contributed by atoms with Crippen LogP contribution in [0.3, 0.4) is 0 Å². The third kappa shape index (κ3) is 6.98. The zero-order valence-electron chi connectivity index (χ0n) is 21.8. The maximum atomic E-state index is 14.1. The van der Waals surface area contributed by atoms with Crippen LogP contribution in [0.2, 0.25) is 0 Å². The smallest absolute Gasteiger partial charge is 0.264 e. The van der Waals surface area contributed by atoms with Crippen LogP contribution in [-0.2, 0) is 26.6 Å². The molecule has 0 aliphatic carbocycles. The van der Waals surface area contributed by atoms with Gasteiger partial charge in [-0.25, -0.2) is 35.9 Å². The Hall–Kier alpha value is -4.36. The monoisotopic (exact) mass is 583 g/mol. The summed E-state index contributed by atoms with van der Waals surface area (Å²) >= 11 is 0. The molecule has 3 aromatic carbocycles. The highest BCUT2D eigenvalue weighted by molar-refractivity contribution is 7.92. The van der Waals surface area contributed by atoms with Crippen molar-refractivity contribution in [2.45, 2.75) is 25.3 Å². The van der Waals surface area contributed by atoms with Gasteiger partial charge in [0.1, 0.15) is 5.82 Å². The van der Waals surface area contributed by atoms with Gasteiger partial charge in [-0.3, -0.25) is 9.10 Å². The third-order valence-electron chi connectivity index (χ3n) is 5.72. The van der Waals surface area contributed by atoms with Gasteiger partial charge < -0.3 is 5.32 Å². The normalized spacial score (nSPS) is 11.6. The minimum Gasteiger partial charge on any atom is -0.322 e. The summed E-state index contributed by atoms with van der Waals surface area (Å²) in [6, 6.07) is 18.9. The molecule has 0 radical (unpaired) electrons. The fourth-order valence-electron chi connectivity index (χ4n) is 3.83. The van der Waals surface area contributed by atoms with E-state index in [1.54, 1.807) is 26.0 Å². The molecular weight excluding hydrogens is 557 g/mol. The standard InChI is InChI=1S/C27H26FN5O5S2/c1-18-16-19(2)30-27(29-18)32-40(37,38)24-14-10-22(11-15-24)31-26(34)20-8-12-23(13-9-20)33(39(3,35)36)17-21-6-4-5-7-25(21)28/h4-16H,17H2,1-3H3,(H,31,34)(H,29,30,32). The molecule has 1 aromatic heterocycles. The van der Waals surface area contributed by atoms with Crippen molar-refractivity contribution in [1.29, 1.82) is 0 Å². The van der Waals surface area contributed by atoms with Crippen LogP contribution in [-0.4, -0.2) is 39.0 Å². The zero-order valence-corrected chi connectivity index (χ0v) is 23.4. The zero-order chi connectivity index (χ0) is 29.1. The minimum atomic E-state index is -3.96. The van der Waals surface area contributed by atoms with Crippen molar-refractivity contribution in [2.24, 2.45) is 0 Å². The molecular formula is C27H26FN5O5S2. The van der Waals surface area contributed by atoms with Crippen LogP contribution in [0.25, 0.3) is 0 Å². The summed E-state index contributed by atoms with van der Waals surface area (Å²) in [5, 5.41) is 2.67. The van der Waals surface area contributed by atoms with Crippen LogP contribution < -0.4 is 14.3 Å². The number of rotatable bonds is 9. The molecule has 0 unspecified atom stereocenters. The van der Waals surface area contributed by atoms with E-state index in [1.165, 1.54) is 66.7 Å². The molecule has 10 nitrogen and oxygen atoms in total. The van der Waals surface area contributed by atoms with Crippen molar-refractivity contribution in [1.82, 2.24) is 9.97 Å². The number of nitrogens with zero attached hydrogens (tertiary/aromatic N) is 3. The van der Waals surface area contributed by atoms with Crippen molar-refractivity contribution in [2.75, 3.05) is 20.6 Å². The molecule has 0 aliphatic rings. The summed E-state index contributed by atoms with van der Waals surface area (Å²) in [6.07, 6.45) is 1.02. The molecule has 208 valence electrons. The van der Waals surface area contributed by atoms with Crippen molar-refractivity contribution in [3.8, 4) is 0 Å². The Morgan fingerprint density at radius 1 is 0.875 bits per heavy atom. The van der Waals surface area contributed by atoms with Gasteiger partial charge in [0.2, 0.25) is 16.0 Å². The predicted octanol–water partition coefficient (Wildman–Crippen LogP) is 4.25. The SMILES string of the molecule is Cc1cc(C)nc(NS(=O)(=O)c2ccc(NC(=O)c3ccc(N(Cc4ccccc4F)S(C)(=O)=O)cc3)cc2)n1. The first-order valence-electron chi connectivity index (χ1n) is 11.9. The fourth-order valence-corrected chi connectivity index (χ4v) is 5.65. The maximum Gasteiger partial charge on any atom is 0.264 e. The molecule has 1 amide bonds. The second-order valence-corrected chi connectivity index (χ2v) is 12.6. The van der Waals surface area contributed by atoms with E-state index in [4.69, 9.17) is 0 Å². The lowest BCUT2D eigenvalue weighted by molar-refractivity contribution is 0.102. The second-order valence-electron chi connectivity index (χ2n) is 8.97. The molecule has 0 saturated carbocycles. The molecule has 1 heterocycles. The van der Waals surface area contributed by atoms with Gasteiger partial charge in [0, 0.05) is 28.2 Å². The van der Waals surface area contributed by atoms with Gasteiger partial charge >= 0.3 is 0 Å². The largest absolute Gasteiger partial charge is 0.322 e. The molecule has 0 atom stereocenters. The van der Waals surface area contributed by atoms with Gasteiger partial charge in [-0.2, -0.15) is 0 Å². The van der Waals surface area contributed by atoms with E-state index in [-0.39, 0.29) is 34.2 Å². The topological polar surface area (TPSA) is 138 Å². The highest BCUT2D eigenvalue weighted by Gasteiger charge is 2.20. The Bertz CT molecular complexity index is 1740. The first-order chi connectivity index (χ1) is 18.8. The summed E-state index contributed by atoms with van der Waals surface area (Å²) in [7, 11) is -7.71. The van der Waals surface area contributed by atoms with Gasteiger partial charge in [0.15, 0.2) is 0 Å². The number of hydrogen-bond acceptors (Lipinski definition) is 7. The number of carbonyl (C=O) groups excluding carboxylic acids is 1. The number of halogens is 1. The van der Waals surface area contributed by atoms with Crippen molar-refractivity contribution < 1.29 is 26.0 Å². The van der Waals surface area contributed by atoms with Gasteiger partial charge in [-0.15, -0.1) is 0 Å². The van der Waals surface area contributed by atoms with Gasteiger partial charge in [0.25, 0.3) is 15.9 Å². The third-order valence-corrected chi connectivity index (χ3v) is 8.20. The van der Waals surface area contributed by atoms with E-state index < -0.39 is 31.8 Å². The number of nitrogens with one attached hydrogen (secondary N) is 2. The predicted molar refractivity (Wildman–Crippen MR) is 151 cm³/mol. The molecule has 4 aromatic rings. The van der Waals surface area contributed by atoms with E-state index in [0.717, 1.165) is 10.6 Å². The molecule has 0 bridgehead atoms. The van der Waals surface area contributed by atoms with E-state index in [2.05, 4.69) is 20.0 Å². The van der Waals surface area contributed by atoms with E-state index in [0.29, 0.717) is 17.1 Å². The van der Waals surface area contributed by atoms with Crippen molar-refractivity contribution in [3.63, 3.8) is 0 Å². The number of aryl methyl sites for hydroxylation is 2. The molecule has 40 heavy (non-hydrogen) atoms. The van der Waals surface area contributed by atoms with Crippen molar-refractivity contribution >= 4 is 43.3 Å². The Kier molecular flexibility index (Phi) is 8.16. The van der Waals surface area contributed by atoms with Crippen LogP contribution in [0.5, 0.6) is 0 Å². The van der Waals surface area contributed by atoms with Crippen molar-refractivity contribution in [3.05, 3.63) is 107 Å². The first-order valence-corrected chi connectivity index (χ1v) is 15.2. The number of carbonyl (C=O) groups is 1. The maximum absolute atomic E-state index is 14.1. The highest BCUT2D eigenvalue weighted by atomic mass is 32.2. The molecule has 4 rings (SSSR count). The quantitative estimate of drug-likeness (QED) is 0.300. The Balaban J connectivity index is 1.46. The minimum absolute atomic E-state index is 0.0401. The molecule has 0 aliphatic heterocycles. The van der Waals surface area contributed by atoms with Crippen LogP contribution in [0.1, 0.15) is 27.3 Å². The van der Waals surface area contributed by atoms with Crippen LogP contribution in [0.4, 0.5) is 21.7 Å². The molecule has 2 N–H and O–H groups in total. The van der Waals surface area contributed by atoms with Crippen LogP contribution >= 0.6 is 0 Å². The average Bonchev–Trinajstić information content (AvgIpc) is 2.87. The molecule has 13 heteroatoms. The number of benzene rings is 3. The molecule has 0 spiro atoms. The number of hydrogen-bond donors (Lipinski definition) is 2. The number of amides is 1. The summed E-state index contributed by atoms with van der Waals surface area (Å²) in [6.45, 7) is 3.24. The Morgan fingerprint density at radius 3 is 2.05 bits per heavy atom. The fraction of sp³-hybridized carbons (Fsp3) is 0.148. The average molecular weight is 584 g/mol. The van der Waals surface area contributed by atoms with Crippen LogP contribution in [0.15, 0.2) is 83.8 Å². The van der Waals surface area contributed by atoms with E-state index >= 15 is 0 Å². The van der Waals surface area contributed by atoms with Gasteiger partial charge in [0.05, 0.1) is 23.4 Å². The van der Waals surface area contributed by atoms with E-state index in [9.17, 15) is 26.0 Å². The highest BCUT2D eigenvalue weighted by Crippen LogP contribution is 2.23. The van der Waals surface area contributed by atoms with Gasteiger partial charge in [-0.1, -0.05) is 18.2 Å². The molecule has 0 saturated heterocycles. The van der Waals surface area contributed by atoms with Crippen LogP contribution in [0, 0.1) is 19.7 Å². The lowest BCUT2D eigenvalue weighted by Gasteiger charge is -2.23. The lowest BCUT2D eigenvalue weighted by Crippen LogP contribution is -2.29. The van der Waals surface area contributed by atoms with Gasteiger partial charge in [-0.05, 0) is 74.5 Å². The first kappa shape index (κ1) is 28.6. The summed E-state index contributed by atoms with van der Waals surface area (Å²) in [4.78, 5) is 20.9. The second kappa shape index (κ2) is 11.4. The van der Waals surface area contributed by atoms with E-state index in [1.807, 2.05) is 0 Å². The number of aromatic nitrogens is 2. The molecule has 0 fully saturated rings. The Morgan fingerprint density at radius 2 is 1.48 bits per heavy atom. The summed E-state index contributed by atoms with van der Waals surface area (Å²) in [5.41, 5.74) is 2.27. The summed E-state index contributed by atoms with van der Waals surface area (Å²) < 4.78 is 67.8. The number of sulfonamides is 2. The lowest BCUT2D eigenvalue weighted by atomic mass is 10.1. The number of anilines is 3. The Labute approximate surface area is 232 Å². The summed E-state index contributed by atoms with van der Waals surface area (Å²) in [5.74, 6) is -1.06.